The minimum absolute atomic E-state index is 0.392. The highest BCUT2D eigenvalue weighted by Crippen LogP contribution is 2.26. The van der Waals surface area contributed by atoms with Crippen molar-refractivity contribution in [2.75, 3.05) is 6.61 Å². The van der Waals surface area contributed by atoms with Gasteiger partial charge in [-0.05, 0) is 0 Å². The van der Waals surface area contributed by atoms with E-state index in [9.17, 15) is 0 Å². The van der Waals surface area contributed by atoms with Gasteiger partial charge in [0.2, 0.25) is 5.79 Å². The van der Waals surface area contributed by atoms with Crippen LogP contribution in [0.5, 0.6) is 0 Å². The summed E-state index contributed by atoms with van der Waals surface area (Å²) in [4.78, 5) is 0. The molecule has 1 rings (SSSR count). The van der Waals surface area contributed by atoms with Gasteiger partial charge in [0, 0.05) is 13.3 Å². The standard InChI is InChI=1S/C7H12O2/c1-4-7(3)8-5-6(2)9-7/h2,4-5H2,1,3H3. The maximum absolute atomic E-state index is 5.28. The van der Waals surface area contributed by atoms with E-state index in [2.05, 4.69) is 6.58 Å². The van der Waals surface area contributed by atoms with Crippen LogP contribution in [0.15, 0.2) is 12.3 Å². The molecule has 0 spiro atoms. The smallest absolute Gasteiger partial charge is 0.207 e. The molecule has 1 heterocycles. The molecule has 2 heteroatoms. The Labute approximate surface area is 55.5 Å². The Bertz CT molecular complexity index is 131. The average Bonchev–Trinajstić information content (AvgIpc) is 2.13. The molecular formula is C7H12O2. The minimum atomic E-state index is -0.392. The number of hydrogen-bond acceptors (Lipinski definition) is 2. The van der Waals surface area contributed by atoms with Crippen LogP contribution < -0.4 is 0 Å². The summed E-state index contributed by atoms with van der Waals surface area (Å²) in [5.74, 6) is 0.344. The van der Waals surface area contributed by atoms with Gasteiger partial charge < -0.3 is 9.47 Å². The highest BCUT2D eigenvalue weighted by atomic mass is 16.7. The lowest BCUT2D eigenvalue weighted by molar-refractivity contribution is -0.134. The molecule has 0 bridgehead atoms. The number of ether oxygens (including phenoxy) is 2. The van der Waals surface area contributed by atoms with Gasteiger partial charge in [0.15, 0.2) is 0 Å². The van der Waals surface area contributed by atoms with Crippen molar-refractivity contribution in [3.05, 3.63) is 12.3 Å². The fourth-order valence-electron chi connectivity index (χ4n) is 0.772. The van der Waals surface area contributed by atoms with Crippen molar-refractivity contribution in [1.29, 1.82) is 0 Å². The van der Waals surface area contributed by atoms with E-state index in [0.717, 1.165) is 12.2 Å². The third-order valence-corrected chi connectivity index (χ3v) is 1.54. The van der Waals surface area contributed by atoms with Gasteiger partial charge in [-0.3, -0.25) is 0 Å². The van der Waals surface area contributed by atoms with E-state index in [4.69, 9.17) is 9.47 Å². The highest BCUT2D eigenvalue weighted by molar-refractivity contribution is 4.90. The summed E-state index contributed by atoms with van der Waals surface area (Å²) in [5.41, 5.74) is 0. The predicted octanol–water partition coefficient (Wildman–Crippen LogP) is 1.67. The first-order valence-electron chi connectivity index (χ1n) is 3.17. The quantitative estimate of drug-likeness (QED) is 0.534. The number of hydrogen-bond donors (Lipinski definition) is 0. The van der Waals surface area contributed by atoms with Crippen LogP contribution in [-0.2, 0) is 9.47 Å². The van der Waals surface area contributed by atoms with E-state index in [1.807, 2.05) is 13.8 Å². The summed E-state index contributed by atoms with van der Waals surface area (Å²) < 4.78 is 10.6. The van der Waals surface area contributed by atoms with E-state index in [1.54, 1.807) is 0 Å². The third kappa shape index (κ3) is 1.24. The van der Waals surface area contributed by atoms with Gasteiger partial charge in [0.1, 0.15) is 12.4 Å². The largest absolute Gasteiger partial charge is 0.465 e. The lowest BCUT2D eigenvalue weighted by Crippen LogP contribution is -2.23. The molecule has 0 saturated carbocycles. The Morgan fingerprint density at radius 1 is 1.78 bits per heavy atom. The Morgan fingerprint density at radius 3 is 2.67 bits per heavy atom. The van der Waals surface area contributed by atoms with Crippen LogP contribution in [-0.4, -0.2) is 12.4 Å². The van der Waals surface area contributed by atoms with Crippen LogP contribution in [0.1, 0.15) is 20.3 Å². The van der Waals surface area contributed by atoms with Crippen LogP contribution in [0, 0.1) is 0 Å². The van der Waals surface area contributed by atoms with Gasteiger partial charge in [0.05, 0.1) is 0 Å². The first-order chi connectivity index (χ1) is 4.16. The Morgan fingerprint density at radius 2 is 2.44 bits per heavy atom. The topological polar surface area (TPSA) is 18.5 Å². The normalized spacial score (nSPS) is 34.7. The summed E-state index contributed by atoms with van der Waals surface area (Å²) in [7, 11) is 0. The second-order valence-corrected chi connectivity index (χ2v) is 2.42. The molecule has 1 aliphatic rings. The lowest BCUT2D eigenvalue weighted by atomic mass is 10.2. The van der Waals surface area contributed by atoms with Gasteiger partial charge in [-0.15, -0.1) is 0 Å². The predicted molar refractivity (Wildman–Crippen MR) is 34.9 cm³/mol. The van der Waals surface area contributed by atoms with Crippen LogP contribution in [0.25, 0.3) is 0 Å². The Balaban J connectivity index is 2.54. The van der Waals surface area contributed by atoms with Crippen LogP contribution >= 0.6 is 0 Å². The van der Waals surface area contributed by atoms with Crippen LogP contribution in [0.3, 0.4) is 0 Å². The molecule has 0 aromatic carbocycles. The summed E-state index contributed by atoms with van der Waals surface area (Å²) in [6, 6.07) is 0. The van der Waals surface area contributed by atoms with Crippen molar-refractivity contribution in [2.45, 2.75) is 26.1 Å². The molecule has 1 saturated heterocycles. The second kappa shape index (κ2) is 2.03. The maximum atomic E-state index is 5.28. The van der Waals surface area contributed by atoms with E-state index in [0.29, 0.717) is 6.61 Å². The zero-order chi connectivity index (χ0) is 6.91. The first kappa shape index (κ1) is 6.62. The zero-order valence-electron chi connectivity index (χ0n) is 5.94. The lowest BCUT2D eigenvalue weighted by Gasteiger charge is -2.19. The summed E-state index contributed by atoms with van der Waals surface area (Å²) in [6.45, 7) is 8.14. The zero-order valence-corrected chi connectivity index (χ0v) is 5.94. The first-order valence-corrected chi connectivity index (χ1v) is 3.17. The molecule has 0 radical (unpaired) electrons. The molecule has 0 aromatic rings. The molecule has 0 aromatic heterocycles. The summed E-state index contributed by atoms with van der Waals surface area (Å²) >= 11 is 0. The van der Waals surface area contributed by atoms with E-state index in [1.165, 1.54) is 0 Å². The molecule has 0 N–H and O–H groups in total. The van der Waals surface area contributed by atoms with Gasteiger partial charge in [-0.25, -0.2) is 0 Å². The average molecular weight is 128 g/mol. The van der Waals surface area contributed by atoms with E-state index >= 15 is 0 Å². The van der Waals surface area contributed by atoms with Crippen LogP contribution in [0.4, 0.5) is 0 Å². The molecule has 0 aliphatic carbocycles. The molecular weight excluding hydrogens is 116 g/mol. The monoisotopic (exact) mass is 128 g/mol. The van der Waals surface area contributed by atoms with Crippen LogP contribution in [0.2, 0.25) is 0 Å². The Hall–Kier alpha value is -0.500. The van der Waals surface area contributed by atoms with Crippen molar-refractivity contribution in [3.63, 3.8) is 0 Å². The van der Waals surface area contributed by atoms with Gasteiger partial charge in [-0.2, -0.15) is 0 Å². The van der Waals surface area contributed by atoms with Crippen molar-refractivity contribution < 1.29 is 9.47 Å². The molecule has 2 nitrogen and oxygen atoms in total. The fraction of sp³-hybridized carbons (Fsp3) is 0.714. The number of rotatable bonds is 1. The van der Waals surface area contributed by atoms with E-state index < -0.39 is 5.79 Å². The van der Waals surface area contributed by atoms with E-state index in [-0.39, 0.29) is 0 Å². The highest BCUT2D eigenvalue weighted by Gasteiger charge is 2.31. The third-order valence-electron chi connectivity index (χ3n) is 1.54. The minimum Gasteiger partial charge on any atom is -0.465 e. The fourth-order valence-corrected chi connectivity index (χ4v) is 0.772. The molecule has 1 aliphatic heterocycles. The van der Waals surface area contributed by atoms with Crippen molar-refractivity contribution >= 4 is 0 Å². The molecule has 1 fully saturated rings. The van der Waals surface area contributed by atoms with Crippen molar-refractivity contribution in [1.82, 2.24) is 0 Å². The molecule has 0 amide bonds. The Kier molecular flexibility index (Phi) is 1.49. The van der Waals surface area contributed by atoms with Crippen molar-refractivity contribution in [2.24, 2.45) is 0 Å². The SMILES string of the molecule is C=C1COC(C)(CC)O1. The summed E-state index contributed by atoms with van der Waals surface area (Å²) in [5, 5.41) is 0. The maximum Gasteiger partial charge on any atom is 0.207 e. The van der Waals surface area contributed by atoms with Gasteiger partial charge >= 0.3 is 0 Å². The second-order valence-electron chi connectivity index (χ2n) is 2.42. The summed E-state index contributed by atoms with van der Waals surface area (Å²) in [6.07, 6.45) is 0.867. The molecule has 1 atom stereocenters. The molecule has 1 unspecified atom stereocenters. The molecule has 52 valence electrons. The van der Waals surface area contributed by atoms with Crippen molar-refractivity contribution in [3.8, 4) is 0 Å². The van der Waals surface area contributed by atoms with Gasteiger partial charge in [0.25, 0.3) is 0 Å². The van der Waals surface area contributed by atoms with Gasteiger partial charge in [-0.1, -0.05) is 13.5 Å². The molecule has 9 heavy (non-hydrogen) atoms.